The molecule has 4 aromatic rings. The number of fused-ring (bicyclic) bond motifs is 1. The number of anilines is 2. The van der Waals surface area contributed by atoms with Crippen LogP contribution in [-0.4, -0.2) is 38.8 Å². The third-order valence-corrected chi connectivity index (χ3v) is 6.81. The number of hydrogen-bond donors (Lipinski definition) is 0. The van der Waals surface area contributed by atoms with Gasteiger partial charge in [0.05, 0.1) is 22.2 Å². The summed E-state index contributed by atoms with van der Waals surface area (Å²) in [5.74, 6) is -0.705. The van der Waals surface area contributed by atoms with Crippen molar-refractivity contribution >= 4 is 50.1 Å². The minimum atomic E-state index is -0.242. The molecule has 0 spiro atoms. The lowest BCUT2D eigenvalue weighted by molar-refractivity contribution is -0.121. The van der Waals surface area contributed by atoms with E-state index in [0.717, 1.165) is 15.8 Å². The van der Waals surface area contributed by atoms with Crippen LogP contribution in [0, 0.1) is 6.92 Å². The van der Waals surface area contributed by atoms with Gasteiger partial charge in [-0.25, -0.2) is 9.97 Å². The lowest BCUT2D eigenvalue weighted by Gasteiger charge is -2.21. The molecule has 0 atom stereocenters. The summed E-state index contributed by atoms with van der Waals surface area (Å²) in [6.45, 7) is 3.20. The SMILES string of the molecule is Cc1ccc2nc(N(CCCn3ccnc3)C(=O)c3cccc(N4C(=O)CCC4=O)c3)sc2c1. The van der Waals surface area contributed by atoms with Crippen molar-refractivity contribution in [3.63, 3.8) is 0 Å². The van der Waals surface area contributed by atoms with Gasteiger partial charge in [-0.1, -0.05) is 23.5 Å². The molecule has 1 aliphatic heterocycles. The predicted molar refractivity (Wildman–Crippen MR) is 131 cm³/mol. The Bertz CT molecular complexity index is 1360. The van der Waals surface area contributed by atoms with Crippen molar-refractivity contribution in [3.05, 3.63) is 72.3 Å². The zero-order chi connectivity index (χ0) is 23.7. The third kappa shape index (κ3) is 4.34. The molecule has 8 nitrogen and oxygen atoms in total. The molecule has 1 fully saturated rings. The van der Waals surface area contributed by atoms with Gasteiger partial charge in [0.2, 0.25) is 11.8 Å². The molecule has 9 heteroatoms. The Balaban J connectivity index is 1.46. The molecule has 5 rings (SSSR count). The second-order valence-electron chi connectivity index (χ2n) is 8.25. The van der Waals surface area contributed by atoms with Gasteiger partial charge < -0.3 is 4.57 Å². The van der Waals surface area contributed by atoms with Gasteiger partial charge in [0.25, 0.3) is 5.91 Å². The first-order valence-corrected chi connectivity index (χ1v) is 11.9. The summed E-state index contributed by atoms with van der Waals surface area (Å²) in [6, 6.07) is 12.7. The number of imidazole rings is 1. The first-order valence-electron chi connectivity index (χ1n) is 11.1. The predicted octanol–water partition coefficient (Wildman–Crippen LogP) is 4.19. The Labute approximate surface area is 200 Å². The molecule has 2 aromatic carbocycles. The van der Waals surface area contributed by atoms with Gasteiger partial charge in [-0.2, -0.15) is 0 Å². The Hall–Kier alpha value is -3.85. The highest BCUT2D eigenvalue weighted by atomic mass is 32.1. The van der Waals surface area contributed by atoms with Crippen molar-refractivity contribution in [2.75, 3.05) is 16.3 Å². The molecular formula is C25H23N5O3S. The first-order chi connectivity index (χ1) is 16.5. The average molecular weight is 474 g/mol. The number of aryl methyl sites for hydroxylation is 2. The van der Waals surface area contributed by atoms with Crippen molar-refractivity contribution in [1.82, 2.24) is 14.5 Å². The number of carbonyl (C=O) groups excluding carboxylic acids is 3. The van der Waals surface area contributed by atoms with Crippen molar-refractivity contribution in [1.29, 1.82) is 0 Å². The normalized spacial score (nSPS) is 13.7. The smallest absolute Gasteiger partial charge is 0.260 e. The van der Waals surface area contributed by atoms with E-state index >= 15 is 0 Å². The van der Waals surface area contributed by atoms with Crippen molar-refractivity contribution in [2.24, 2.45) is 0 Å². The summed E-state index contributed by atoms with van der Waals surface area (Å²) in [4.78, 5) is 49.7. The van der Waals surface area contributed by atoms with E-state index in [4.69, 9.17) is 4.98 Å². The van der Waals surface area contributed by atoms with E-state index in [2.05, 4.69) is 11.1 Å². The van der Waals surface area contributed by atoms with Crippen LogP contribution in [0.15, 0.2) is 61.2 Å². The number of carbonyl (C=O) groups is 3. The van der Waals surface area contributed by atoms with E-state index in [1.54, 1.807) is 41.7 Å². The summed E-state index contributed by atoms with van der Waals surface area (Å²) in [7, 11) is 0. The van der Waals surface area contributed by atoms with Gasteiger partial charge in [0.15, 0.2) is 5.13 Å². The maximum absolute atomic E-state index is 13.7. The number of rotatable bonds is 7. The molecule has 1 saturated heterocycles. The topological polar surface area (TPSA) is 88.4 Å². The van der Waals surface area contributed by atoms with Crippen LogP contribution in [0.3, 0.4) is 0 Å². The average Bonchev–Trinajstić information content (AvgIpc) is 3.56. The van der Waals surface area contributed by atoms with E-state index in [1.165, 1.54) is 16.2 Å². The molecule has 0 radical (unpaired) electrons. The largest absolute Gasteiger partial charge is 0.337 e. The van der Waals surface area contributed by atoms with Crippen LogP contribution in [-0.2, 0) is 16.1 Å². The van der Waals surface area contributed by atoms with E-state index in [9.17, 15) is 14.4 Å². The fraction of sp³-hybridized carbons (Fsp3) is 0.240. The van der Waals surface area contributed by atoms with E-state index in [-0.39, 0.29) is 30.6 Å². The highest BCUT2D eigenvalue weighted by Crippen LogP contribution is 2.31. The van der Waals surface area contributed by atoms with E-state index < -0.39 is 0 Å². The fourth-order valence-electron chi connectivity index (χ4n) is 4.05. The van der Waals surface area contributed by atoms with E-state index in [1.807, 2.05) is 29.8 Å². The molecule has 0 aliphatic carbocycles. The van der Waals surface area contributed by atoms with E-state index in [0.29, 0.717) is 35.9 Å². The zero-order valence-corrected chi connectivity index (χ0v) is 19.5. The number of aromatic nitrogens is 3. The Morgan fingerprint density at radius 2 is 1.94 bits per heavy atom. The van der Waals surface area contributed by atoms with Crippen LogP contribution in [0.4, 0.5) is 10.8 Å². The molecule has 3 amide bonds. The molecule has 172 valence electrons. The first kappa shape index (κ1) is 22.0. The molecule has 2 aromatic heterocycles. The maximum atomic E-state index is 13.7. The van der Waals surface area contributed by atoms with Gasteiger partial charge in [0, 0.05) is 43.9 Å². The Morgan fingerprint density at radius 3 is 2.71 bits per heavy atom. The molecule has 0 saturated carbocycles. The summed E-state index contributed by atoms with van der Waals surface area (Å²) in [5, 5.41) is 0.620. The van der Waals surface area contributed by atoms with Crippen molar-refractivity contribution in [2.45, 2.75) is 32.7 Å². The summed E-state index contributed by atoms with van der Waals surface area (Å²) < 4.78 is 2.99. The van der Waals surface area contributed by atoms with Crippen LogP contribution in [0.2, 0.25) is 0 Å². The fourth-order valence-corrected chi connectivity index (χ4v) is 5.14. The molecule has 1 aliphatic rings. The van der Waals surface area contributed by atoms with Gasteiger partial charge in [-0.3, -0.25) is 24.2 Å². The number of thiazole rings is 1. The number of hydrogen-bond acceptors (Lipinski definition) is 6. The Morgan fingerprint density at radius 1 is 1.12 bits per heavy atom. The van der Waals surface area contributed by atoms with Gasteiger partial charge in [-0.05, 0) is 49.2 Å². The summed E-state index contributed by atoms with van der Waals surface area (Å²) in [5.41, 5.74) is 2.81. The van der Waals surface area contributed by atoms with Crippen LogP contribution < -0.4 is 9.80 Å². The number of amides is 3. The van der Waals surface area contributed by atoms with Gasteiger partial charge >= 0.3 is 0 Å². The highest BCUT2D eigenvalue weighted by Gasteiger charge is 2.31. The third-order valence-electron chi connectivity index (χ3n) is 5.77. The highest BCUT2D eigenvalue weighted by molar-refractivity contribution is 7.22. The number of benzene rings is 2. The maximum Gasteiger partial charge on any atom is 0.260 e. The summed E-state index contributed by atoms with van der Waals surface area (Å²) in [6.07, 6.45) is 6.47. The van der Waals surface area contributed by atoms with Crippen LogP contribution in [0.5, 0.6) is 0 Å². The lowest BCUT2D eigenvalue weighted by Crippen LogP contribution is -2.33. The molecule has 0 unspecified atom stereocenters. The minimum Gasteiger partial charge on any atom is -0.337 e. The number of nitrogens with zero attached hydrogens (tertiary/aromatic N) is 5. The quantitative estimate of drug-likeness (QED) is 0.376. The van der Waals surface area contributed by atoms with Crippen molar-refractivity contribution in [3.8, 4) is 0 Å². The molecule has 3 heterocycles. The van der Waals surface area contributed by atoms with Crippen LogP contribution in [0.1, 0.15) is 35.2 Å². The molecule has 34 heavy (non-hydrogen) atoms. The molecule has 0 N–H and O–H groups in total. The summed E-state index contributed by atoms with van der Waals surface area (Å²) >= 11 is 1.48. The second kappa shape index (κ2) is 9.18. The minimum absolute atomic E-state index is 0.197. The monoisotopic (exact) mass is 473 g/mol. The molecular weight excluding hydrogens is 450 g/mol. The van der Waals surface area contributed by atoms with Crippen molar-refractivity contribution < 1.29 is 14.4 Å². The van der Waals surface area contributed by atoms with Gasteiger partial charge in [-0.15, -0.1) is 0 Å². The van der Waals surface area contributed by atoms with Gasteiger partial charge in [0.1, 0.15) is 0 Å². The zero-order valence-electron chi connectivity index (χ0n) is 18.7. The Kier molecular flexibility index (Phi) is 5.93. The number of imide groups is 1. The second-order valence-corrected chi connectivity index (χ2v) is 9.26. The molecule has 0 bridgehead atoms. The van der Waals surface area contributed by atoms with Crippen LogP contribution in [0.25, 0.3) is 10.2 Å². The standard InChI is InChI=1S/C25H23N5O3S/c1-17-6-7-20-21(14-17)34-25(27-20)29(12-3-11-28-13-10-26-16-28)24(33)18-4-2-5-19(15-18)30-22(31)8-9-23(30)32/h2,4-7,10,13-16H,3,8-9,11-12H2,1H3. The lowest BCUT2D eigenvalue weighted by atomic mass is 10.1. The van der Waals surface area contributed by atoms with Crippen LogP contribution >= 0.6 is 11.3 Å².